The van der Waals surface area contributed by atoms with Gasteiger partial charge in [0, 0.05) is 25.7 Å². The van der Waals surface area contributed by atoms with E-state index in [9.17, 15) is 40.9 Å². The standard InChI is InChI=1S/C34H30O3.C20H18O3.2C10H16.2C9H12O.6C6H6O.4C2H6/c35-32-6-3-4-28(22-32)18-24-8-14-27(15-9-24)21-31-17-16-29(23-34(31)37)19-25-10-12-26(13-11-25)20-30-5-1-2-7-33(30)36;21-18-10-3-1-6-14(18)12-16-8-5-9-17(20(16)23)13-15-7-2-4-11-19(15)22;2*1-2-9-7-4-5-8(6-7)10(9)3-1;2*1-7(2)8-5-3-4-6-9(8)10;6*7-6-4-2-1-3-5-6;4*1-2/h1-17,22-23,35-37H,18-21H2;1-11,21-23H,12-13H2;2*7-10H,1-6H2;2*3-7,10H,1-2H3;6*1-5,7H;4*1-2H3. The monoisotopic (exact) mass is 2020 g/mol. The molecule has 4 bridgehead atoms. The number of benzene rings is 16. The van der Waals surface area contributed by atoms with Crippen molar-refractivity contribution in [1.82, 2.24) is 0 Å². The Morgan fingerprint density at radius 1 is 0.180 bits per heavy atom. The molecule has 0 radical (unpaired) electrons. The quantitative estimate of drug-likeness (QED) is 0.0482. The van der Waals surface area contributed by atoms with Gasteiger partial charge in [-0.3, -0.25) is 0 Å². The van der Waals surface area contributed by atoms with Crippen LogP contribution in [-0.4, -0.2) is 71.5 Å². The van der Waals surface area contributed by atoms with Crippen molar-refractivity contribution in [2.75, 3.05) is 0 Å². The van der Waals surface area contributed by atoms with Crippen LogP contribution in [0.1, 0.15) is 250 Å². The Morgan fingerprint density at radius 2 is 0.400 bits per heavy atom. The maximum absolute atomic E-state index is 10.7. The van der Waals surface area contributed by atoms with Crippen molar-refractivity contribution in [3.05, 3.63) is 490 Å². The van der Waals surface area contributed by atoms with Crippen LogP contribution >= 0.6 is 0 Å². The number of fused-ring (bicyclic) bond motifs is 10. The lowest BCUT2D eigenvalue weighted by molar-refractivity contribution is 0.259. The Labute approximate surface area is 894 Å². The molecule has 150 heavy (non-hydrogen) atoms. The summed E-state index contributed by atoms with van der Waals surface area (Å²) in [5, 5.41) is 131. The lowest BCUT2D eigenvalue weighted by atomic mass is 9.82. The number of para-hydroxylation sites is 12. The Morgan fingerprint density at radius 3 is 0.647 bits per heavy atom. The fraction of sp³-hybridized carbons (Fsp3) is 0.294. The molecule has 8 atom stereocenters. The van der Waals surface area contributed by atoms with Crippen LogP contribution in [0.5, 0.6) is 80.5 Å². The highest BCUT2D eigenvalue weighted by atomic mass is 16.3. The van der Waals surface area contributed by atoms with E-state index in [1.54, 1.807) is 277 Å². The van der Waals surface area contributed by atoms with Crippen LogP contribution < -0.4 is 0 Å². The first kappa shape index (κ1) is 122. The van der Waals surface area contributed by atoms with Gasteiger partial charge in [0.05, 0.1) is 0 Å². The Hall–Kier alpha value is -15.3. The van der Waals surface area contributed by atoms with E-state index in [4.69, 9.17) is 30.6 Å². The first-order valence-electron chi connectivity index (χ1n) is 53.7. The minimum absolute atomic E-state index is 0.207. The number of hydrogen-bond donors (Lipinski definition) is 14. The lowest BCUT2D eigenvalue weighted by Gasteiger charge is -2.23. The topological polar surface area (TPSA) is 283 Å². The average Bonchev–Trinajstić information content (AvgIpc) is 1.62. The molecule has 6 aliphatic rings. The van der Waals surface area contributed by atoms with E-state index >= 15 is 0 Å². The predicted octanol–water partition coefficient (Wildman–Crippen LogP) is 34.3. The van der Waals surface area contributed by atoms with E-state index in [0.717, 1.165) is 79.6 Å². The number of phenolic OH excluding ortho intramolecular Hbond substituents is 14. The van der Waals surface area contributed by atoms with Gasteiger partial charge in [-0.25, -0.2) is 0 Å². The number of rotatable bonds is 14. The van der Waals surface area contributed by atoms with Crippen LogP contribution in [0.2, 0.25) is 0 Å². The first-order valence-corrected chi connectivity index (χ1v) is 53.7. The third kappa shape index (κ3) is 43.3. The van der Waals surface area contributed by atoms with E-state index in [0.29, 0.717) is 95.0 Å². The highest BCUT2D eigenvalue weighted by Crippen LogP contribution is 2.60. The second kappa shape index (κ2) is 69.0. The summed E-state index contributed by atoms with van der Waals surface area (Å²) in [7, 11) is 0. The maximum atomic E-state index is 10.7. The molecule has 0 aliphatic heterocycles. The molecule has 0 heterocycles. The molecule has 8 unspecified atom stereocenters. The molecule has 22 rings (SSSR count). The third-order valence-electron chi connectivity index (χ3n) is 27.0. The van der Waals surface area contributed by atoms with E-state index in [-0.39, 0.29) is 23.0 Å². The van der Waals surface area contributed by atoms with Crippen molar-refractivity contribution < 1.29 is 71.5 Å². The van der Waals surface area contributed by atoms with Crippen LogP contribution in [-0.2, 0) is 38.5 Å². The van der Waals surface area contributed by atoms with Crippen molar-refractivity contribution in [2.24, 2.45) is 47.3 Å². The summed E-state index contributed by atoms with van der Waals surface area (Å²) in [5.74, 6) is 14.7. The molecule has 6 saturated carbocycles. The summed E-state index contributed by atoms with van der Waals surface area (Å²) in [6.45, 7) is 24.3. The molecule has 6 aliphatic carbocycles. The van der Waals surface area contributed by atoms with Crippen molar-refractivity contribution >= 4 is 0 Å². The zero-order valence-electron chi connectivity index (χ0n) is 90.0. The Kier molecular flexibility index (Phi) is 56.0. The highest BCUT2D eigenvalue weighted by molar-refractivity contribution is 5.50. The minimum atomic E-state index is 0.207. The molecule has 14 heteroatoms. The summed E-state index contributed by atoms with van der Waals surface area (Å²) in [6, 6.07) is 124. The van der Waals surface area contributed by atoms with Crippen LogP contribution in [0, 0.1) is 47.3 Å². The first-order chi connectivity index (χ1) is 72.9. The van der Waals surface area contributed by atoms with Gasteiger partial charge >= 0.3 is 0 Å². The molecule has 0 saturated heterocycles. The summed E-state index contributed by atoms with van der Waals surface area (Å²) >= 11 is 0. The summed E-state index contributed by atoms with van der Waals surface area (Å²) in [4.78, 5) is 0. The molecule has 0 aromatic heterocycles. The molecule has 6 fully saturated rings. The fourth-order valence-corrected chi connectivity index (χ4v) is 19.9. The summed E-state index contributed by atoms with van der Waals surface area (Å²) < 4.78 is 0. The van der Waals surface area contributed by atoms with E-state index < -0.39 is 0 Å². The van der Waals surface area contributed by atoms with Crippen LogP contribution in [0.4, 0.5) is 0 Å². The predicted molar refractivity (Wildman–Crippen MR) is 620 cm³/mol. The second-order valence-corrected chi connectivity index (χ2v) is 37.8. The van der Waals surface area contributed by atoms with Crippen molar-refractivity contribution in [3.63, 3.8) is 0 Å². The van der Waals surface area contributed by atoms with Crippen LogP contribution in [0.15, 0.2) is 413 Å². The van der Waals surface area contributed by atoms with Gasteiger partial charge in [0.15, 0.2) is 0 Å². The van der Waals surface area contributed by atoms with Gasteiger partial charge in [-0.2, -0.15) is 0 Å². The number of aromatic hydroxyl groups is 14. The van der Waals surface area contributed by atoms with E-state index in [1.165, 1.54) is 58.5 Å². The normalized spacial score (nSPS) is 15.9. The summed E-state index contributed by atoms with van der Waals surface area (Å²) in [6.07, 6.45) is 22.8. The zero-order valence-corrected chi connectivity index (χ0v) is 90.0. The van der Waals surface area contributed by atoms with Gasteiger partial charge in [0.2, 0.25) is 0 Å². The largest absolute Gasteiger partial charge is 0.508 e. The molecule has 16 aromatic rings. The van der Waals surface area contributed by atoms with Gasteiger partial charge in [0.25, 0.3) is 0 Å². The van der Waals surface area contributed by atoms with Gasteiger partial charge in [-0.1, -0.05) is 387 Å². The molecule has 0 spiro atoms. The molecule has 792 valence electrons. The lowest BCUT2D eigenvalue weighted by Crippen LogP contribution is -2.15. The third-order valence-corrected chi connectivity index (χ3v) is 27.0. The van der Waals surface area contributed by atoms with Gasteiger partial charge in [0.1, 0.15) is 80.5 Å². The average molecular weight is 2020 g/mol. The Bertz CT molecular complexity index is 5810. The molecule has 0 amide bonds. The SMILES string of the molecule is C1CC2C3CCC(C3)C2C1.C1CC2C3CCC(C3)C2C1.CC.CC.CC.CC.CC(C)c1ccccc1O.CC(C)c1ccccc1O.Oc1cccc(Cc2ccc(Cc3ccc(Cc4ccc(Cc5ccccc5O)cc4)cc3O)cc2)c1.Oc1ccccc1.Oc1ccccc1.Oc1ccccc1.Oc1ccccc1.Oc1ccccc1.Oc1ccccc1.Oc1ccccc1Cc1cccc(Cc2ccccc2O)c1O. The van der Waals surface area contributed by atoms with Gasteiger partial charge in [-0.05, 0) is 335 Å². The smallest absolute Gasteiger partial charge is 0.122 e. The second-order valence-electron chi connectivity index (χ2n) is 37.8. The number of phenols is 14. The highest BCUT2D eigenvalue weighted by Gasteiger charge is 2.50. The molecule has 16 aromatic carbocycles. The Balaban J connectivity index is 0.000000233. The molecular formula is C136H164O14. The number of hydrogen-bond acceptors (Lipinski definition) is 14. The van der Waals surface area contributed by atoms with Gasteiger partial charge in [-0.15, -0.1) is 0 Å². The molecular weight excluding hydrogens is 1860 g/mol. The van der Waals surface area contributed by atoms with Crippen molar-refractivity contribution in [1.29, 1.82) is 0 Å². The minimum Gasteiger partial charge on any atom is -0.508 e. The van der Waals surface area contributed by atoms with Crippen molar-refractivity contribution in [2.45, 2.75) is 210 Å². The van der Waals surface area contributed by atoms with Crippen LogP contribution in [0.25, 0.3) is 0 Å². The summed E-state index contributed by atoms with van der Waals surface area (Å²) in [5.41, 5.74) is 13.7. The zero-order chi connectivity index (χ0) is 109. The van der Waals surface area contributed by atoms with Gasteiger partial charge < -0.3 is 71.5 Å². The fourth-order valence-electron chi connectivity index (χ4n) is 19.9. The van der Waals surface area contributed by atoms with E-state index in [2.05, 4.69) is 82.3 Å². The molecule has 14 N–H and O–H groups in total. The van der Waals surface area contributed by atoms with E-state index in [1.807, 2.05) is 213 Å². The molecule has 14 nitrogen and oxygen atoms in total. The van der Waals surface area contributed by atoms with Crippen LogP contribution in [0.3, 0.4) is 0 Å². The van der Waals surface area contributed by atoms with Crippen molar-refractivity contribution in [3.8, 4) is 80.5 Å². The maximum Gasteiger partial charge on any atom is 0.122 e.